The Balaban J connectivity index is 0.00000341. The van der Waals surface area contributed by atoms with Crippen LogP contribution in [0.4, 0.5) is 0 Å². The molecule has 0 aliphatic heterocycles. The molecule has 0 saturated heterocycles. The molecule has 0 saturated carbocycles. The minimum absolute atomic E-state index is 0. The van der Waals surface area contributed by atoms with Crippen LogP contribution in [-0.2, 0) is 12.8 Å². The first-order valence-corrected chi connectivity index (χ1v) is 10.2. The average Bonchev–Trinajstić information content (AvgIpc) is 3.16. The zero-order valence-corrected chi connectivity index (χ0v) is 21.3. The van der Waals surface area contributed by atoms with Crippen molar-refractivity contribution < 1.29 is 9.47 Å². The Morgan fingerprint density at radius 3 is 2.55 bits per heavy atom. The molecule has 2 aromatic carbocycles. The number of nitrogens with zero attached hydrogens (tertiary/aromatic N) is 2. The number of benzene rings is 2. The van der Waals surface area contributed by atoms with Gasteiger partial charge in [0.25, 0.3) is 0 Å². The van der Waals surface area contributed by atoms with E-state index in [1.54, 1.807) is 14.2 Å². The highest BCUT2D eigenvalue weighted by atomic mass is 127. The Labute approximate surface area is 202 Å². The lowest BCUT2D eigenvalue weighted by molar-refractivity contribution is 0.354. The van der Waals surface area contributed by atoms with E-state index < -0.39 is 0 Å². The molecular formula is C24H33IN4O2. The van der Waals surface area contributed by atoms with Gasteiger partial charge in [0.15, 0.2) is 17.5 Å². The number of guanidine groups is 1. The van der Waals surface area contributed by atoms with Crippen molar-refractivity contribution in [3.05, 3.63) is 59.3 Å². The van der Waals surface area contributed by atoms with Gasteiger partial charge in [-0.1, -0.05) is 18.2 Å². The van der Waals surface area contributed by atoms with E-state index in [-0.39, 0.29) is 24.0 Å². The first-order chi connectivity index (χ1) is 14.5. The van der Waals surface area contributed by atoms with Crippen LogP contribution in [-0.4, -0.2) is 57.2 Å². The first kappa shape index (κ1) is 24.8. The van der Waals surface area contributed by atoms with Crippen molar-refractivity contribution in [3.63, 3.8) is 0 Å². The number of methoxy groups -OCH3 is 2. The van der Waals surface area contributed by atoms with Crippen molar-refractivity contribution in [2.45, 2.75) is 19.8 Å². The maximum atomic E-state index is 5.40. The topological polar surface area (TPSA) is 61.9 Å². The molecule has 0 fully saturated rings. The van der Waals surface area contributed by atoms with Gasteiger partial charge in [0, 0.05) is 44.3 Å². The van der Waals surface area contributed by atoms with E-state index in [1.165, 1.54) is 27.6 Å². The molecule has 0 atom stereocenters. The molecule has 6 nitrogen and oxygen atoms in total. The Hall–Kier alpha value is -2.42. The summed E-state index contributed by atoms with van der Waals surface area (Å²) < 4.78 is 10.7. The normalized spacial score (nSPS) is 11.2. The molecule has 0 bridgehead atoms. The Morgan fingerprint density at radius 2 is 1.84 bits per heavy atom. The fourth-order valence-electron chi connectivity index (χ4n) is 3.64. The average molecular weight is 536 g/mol. The van der Waals surface area contributed by atoms with Gasteiger partial charge in [-0.15, -0.1) is 24.0 Å². The summed E-state index contributed by atoms with van der Waals surface area (Å²) in [5, 5.41) is 4.77. The number of likely N-dealkylation sites (N-methyl/N-ethyl adjacent to an activating group) is 1. The summed E-state index contributed by atoms with van der Waals surface area (Å²) in [6, 6.07) is 12.6. The first-order valence-electron chi connectivity index (χ1n) is 10.2. The van der Waals surface area contributed by atoms with Crippen molar-refractivity contribution >= 4 is 40.8 Å². The zero-order chi connectivity index (χ0) is 21.5. The summed E-state index contributed by atoms with van der Waals surface area (Å²) in [5.74, 6) is 2.40. The molecule has 2 N–H and O–H groups in total. The summed E-state index contributed by atoms with van der Waals surface area (Å²) in [7, 11) is 7.20. The number of hydrogen-bond donors (Lipinski definition) is 2. The van der Waals surface area contributed by atoms with Gasteiger partial charge in [-0.05, 0) is 54.7 Å². The lowest BCUT2D eigenvalue weighted by atomic mass is 10.1. The van der Waals surface area contributed by atoms with E-state index in [2.05, 4.69) is 64.6 Å². The summed E-state index contributed by atoms with van der Waals surface area (Å²) in [6.45, 7) is 3.79. The van der Waals surface area contributed by atoms with Crippen LogP contribution in [0.2, 0.25) is 0 Å². The quantitative estimate of drug-likeness (QED) is 0.255. The van der Waals surface area contributed by atoms with Crippen molar-refractivity contribution in [1.82, 2.24) is 15.2 Å². The second kappa shape index (κ2) is 11.8. The number of aromatic amines is 1. The van der Waals surface area contributed by atoms with Crippen LogP contribution in [0.3, 0.4) is 0 Å². The van der Waals surface area contributed by atoms with Crippen molar-refractivity contribution in [2.24, 2.45) is 4.99 Å². The molecule has 0 aliphatic rings. The van der Waals surface area contributed by atoms with E-state index >= 15 is 0 Å². The van der Waals surface area contributed by atoms with Gasteiger partial charge in [-0.3, -0.25) is 4.99 Å². The summed E-state index contributed by atoms with van der Waals surface area (Å²) >= 11 is 0. The number of aliphatic imine (C=N–C) groups is 1. The highest BCUT2D eigenvalue weighted by Crippen LogP contribution is 2.27. The van der Waals surface area contributed by atoms with Crippen LogP contribution in [0.1, 0.15) is 16.7 Å². The number of hydrogen-bond acceptors (Lipinski definition) is 3. The third-order valence-corrected chi connectivity index (χ3v) is 5.36. The Bertz CT molecular complexity index is 1020. The van der Waals surface area contributed by atoms with Gasteiger partial charge < -0.3 is 24.7 Å². The second-order valence-corrected chi connectivity index (χ2v) is 7.45. The van der Waals surface area contributed by atoms with Crippen LogP contribution in [0.15, 0.2) is 47.6 Å². The zero-order valence-electron chi connectivity index (χ0n) is 19.0. The molecule has 1 aromatic heterocycles. The molecule has 3 rings (SSSR count). The fourth-order valence-corrected chi connectivity index (χ4v) is 3.64. The third kappa shape index (κ3) is 6.29. The van der Waals surface area contributed by atoms with E-state index in [0.717, 1.165) is 43.4 Å². The Kier molecular flexibility index (Phi) is 9.48. The lowest BCUT2D eigenvalue weighted by Gasteiger charge is -2.22. The van der Waals surface area contributed by atoms with Crippen LogP contribution in [0, 0.1) is 6.92 Å². The minimum Gasteiger partial charge on any atom is -0.493 e. The summed E-state index contributed by atoms with van der Waals surface area (Å²) in [6.07, 6.45) is 3.93. The van der Waals surface area contributed by atoms with Gasteiger partial charge in [-0.2, -0.15) is 0 Å². The smallest absolute Gasteiger partial charge is 0.193 e. The number of nitrogens with one attached hydrogen (secondary N) is 2. The maximum Gasteiger partial charge on any atom is 0.193 e. The number of halogens is 1. The SMILES string of the molecule is CN=C(NCCc1c[nH]c2cc(C)ccc12)N(C)CCc1ccc(OC)c(OC)c1.I. The number of rotatable bonds is 8. The fraction of sp³-hybridized carbons (Fsp3) is 0.375. The molecule has 0 amide bonds. The molecular weight excluding hydrogens is 503 g/mol. The van der Waals surface area contributed by atoms with Gasteiger partial charge >= 0.3 is 0 Å². The molecule has 0 radical (unpaired) electrons. The van der Waals surface area contributed by atoms with Crippen LogP contribution < -0.4 is 14.8 Å². The van der Waals surface area contributed by atoms with Crippen LogP contribution >= 0.6 is 24.0 Å². The van der Waals surface area contributed by atoms with Crippen LogP contribution in [0.25, 0.3) is 10.9 Å². The van der Waals surface area contributed by atoms with E-state index in [1.807, 2.05) is 19.2 Å². The minimum atomic E-state index is 0. The maximum absolute atomic E-state index is 5.40. The summed E-state index contributed by atoms with van der Waals surface area (Å²) in [5.41, 5.74) is 4.98. The van der Waals surface area contributed by atoms with Crippen molar-refractivity contribution in [3.8, 4) is 11.5 Å². The highest BCUT2D eigenvalue weighted by Gasteiger charge is 2.09. The number of fused-ring (bicyclic) bond motifs is 1. The summed E-state index contributed by atoms with van der Waals surface area (Å²) in [4.78, 5) is 9.95. The van der Waals surface area contributed by atoms with E-state index in [4.69, 9.17) is 9.47 Å². The van der Waals surface area contributed by atoms with Crippen molar-refractivity contribution in [2.75, 3.05) is 41.4 Å². The van der Waals surface area contributed by atoms with Gasteiger partial charge in [-0.25, -0.2) is 0 Å². The van der Waals surface area contributed by atoms with Crippen molar-refractivity contribution in [1.29, 1.82) is 0 Å². The number of aryl methyl sites for hydroxylation is 1. The second-order valence-electron chi connectivity index (χ2n) is 7.45. The molecule has 0 spiro atoms. The molecule has 0 aliphatic carbocycles. The predicted molar refractivity (Wildman–Crippen MR) is 139 cm³/mol. The van der Waals surface area contributed by atoms with Gasteiger partial charge in [0.2, 0.25) is 0 Å². The number of aromatic nitrogens is 1. The highest BCUT2D eigenvalue weighted by molar-refractivity contribution is 14.0. The number of H-pyrrole nitrogens is 1. The van der Waals surface area contributed by atoms with Gasteiger partial charge in [0.1, 0.15) is 0 Å². The monoisotopic (exact) mass is 536 g/mol. The Morgan fingerprint density at radius 1 is 1.06 bits per heavy atom. The number of ether oxygens (including phenoxy) is 2. The third-order valence-electron chi connectivity index (χ3n) is 5.36. The predicted octanol–water partition coefficient (Wildman–Crippen LogP) is 4.40. The molecule has 3 aromatic rings. The molecule has 168 valence electrons. The lowest BCUT2D eigenvalue weighted by Crippen LogP contribution is -2.40. The van der Waals surface area contributed by atoms with Crippen LogP contribution in [0.5, 0.6) is 11.5 Å². The molecule has 0 unspecified atom stereocenters. The molecule has 31 heavy (non-hydrogen) atoms. The van der Waals surface area contributed by atoms with E-state index in [9.17, 15) is 0 Å². The standard InChI is InChI=1S/C24H32N4O2.HI/c1-17-6-8-20-19(16-27-21(20)14-17)10-12-26-24(25-2)28(3)13-11-18-7-9-22(29-4)23(15-18)30-5;/h6-9,14-16,27H,10-13H2,1-5H3,(H,25,26);1H. The van der Waals surface area contributed by atoms with E-state index in [0.29, 0.717) is 0 Å². The molecule has 7 heteroatoms. The van der Waals surface area contributed by atoms with Gasteiger partial charge in [0.05, 0.1) is 14.2 Å². The molecule has 1 heterocycles. The largest absolute Gasteiger partial charge is 0.493 e.